The minimum Gasteiger partial charge on any atom is -0.0859 e. The Hall–Kier alpha value is -0.260. The lowest BCUT2D eigenvalue weighted by Crippen LogP contribution is -2.05. The molecule has 0 aliphatic heterocycles. The minimum absolute atomic E-state index is 0.514. The smallest absolute Gasteiger partial charge is 0.0346 e. The van der Waals surface area contributed by atoms with Gasteiger partial charge in [-0.2, -0.15) is 0 Å². The predicted molar refractivity (Wildman–Crippen MR) is 71.1 cm³/mol. The van der Waals surface area contributed by atoms with Crippen LogP contribution in [0.4, 0.5) is 0 Å². The molecular formula is C15H30. The quantitative estimate of drug-likeness (QED) is 0.502. The molecule has 0 heteroatoms. The third kappa shape index (κ3) is 11.7. The fourth-order valence-corrected chi connectivity index (χ4v) is 1.78. The van der Waals surface area contributed by atoms with Gasteiger partial charge in [-0.15, -0.1) is 0 Å². The van der Waals surface area contributed by atoms with Crippen LogP contribution in [0.2, 0.25) is 0 Å². The van der Waals surface area contributed by atoms with Crippen LogP contribution in [0.3, 0.4) is 0 Å². The van der Waals surface area contributed by atoms with Crippen molar-refractivity contribution in [3.05, 3.63) is 11.6 Å². The van der Waals surface area contributed by atoms with Crippen molar-refractivity contribution in [2.45, 2.75) is 73.6 Å². The predicted octanol–water partition coefficient (Wildman–Crippen LogP) is 5.59. The summed E-state index contributed by atoms with van der Waals surface area (Å²) in [7, 11) is 0. The average molecular weight is 210 g/mol. The Kier molecular flexibility index (Phi) is 6.96. The lowest BCUT2D eigenvalue weighted by Gasteiger charge is -2.19. The Morgan fingerprint density at radius 2 is 1.73 bits per heavy atom. The molecule has 0 fully saturated rings. The van der Waals surface area contributed by atoms with Crippen molar-refractivity contribution in [3.8, 4) is 0 Å². The summed E-state index contributed by atoms with van der Waals surface area (Å²) in [5.74, 6) is 0.892. The lowest BCUT2D eigenvalue weighted by molar-refractivity contribution is 0.339. The van der Waals surface area contributed by atoms with Crippen molar-refractivity contribution in [3.63, 3.8) is 0 Å². The Labute approximate surface area is 97.2 Å². The fraction of sp³-hybridized carbons (Fsp3) is 0.867. The van der Waals surface area contributed by atoms with Crippen LogP contribution in [0, 0.1) is 11.3 Å². The molecule has 0 aromatic carbocycles. The molecule has 15 heavy (non-hydrogen) atoms. The molecule has 0 radical (unpaired) electrons. The van der Waals surface area contributed by atoms with Crippen molar-refractivity contribution in [1.29, 1.82) is 0 Å². The van der Waals surface area contributed by atoms with E-state index in [0.717, 1.165) is 5.92 Å². The highest BCUT2D eigenvalue weighted by atomic mass is 14.2. The second kappa shape index (κ2) is 7.09. The van der Waals surface area contributed by atoms with Gasteiger partial charge in [-0.1, -0.05) is 52.2 Å². The number of allylic oxidation sites excluding steroid dienone is 2. The van der Waals surface area contributed by atoms with Gasteiger partial charge in [-0.05, 0) is 44.4 Å². The normalized spacial score (nSPS) is 13.7. The summed E-state index contributed by atoms with van der Waals surface area (Å²) in [4.78, 5) is 0. The van der Waals surface area contributed by atoms with E-state index in [1.165, 1.54) is 37.7 Å². The summed E-state index contributed by atoms with van der Waals surface area (Å²) >= 11 is 0. The van der Waals surface area contributed by atoms with Crippen molar-refractivity contribution in [2.24, 2.45) is 11.3 Å². The third-order valence-corrected chi connectivity index (χ3v) is 2.84. The minimum atomic E-state index is 0.514. The summed E-state index contributed by atoms with van der Waals surface area (Å²) < 4.78 is 0. The molecule has 0 bridgehead atoms. The van der Waals surface area contributed by atoms with E-state index < -0.39 is 0 Å². The second-order valence-electron chi connectivity index (χ2n) is 6.42. The van der Waals surface area contributed by atoms with Crippen LogP contribution in [-0.2, 0) is 0 Å². The molecule has 1 unspecified atom stereocenters. The molecule has 0 aromatic rings. The first kappa shape index (κ1) is 14.7. The van der Waals surface area contributed by atoms with Crippen LogP contribution in [-0.4, -0.2) is 0 Å². The van der Waals surface area contributed by atoms with Crippen molar-refractivity contribution in [1.82, 2.24) is 0 Å². The zero-order valence-corrected chi connectivity index (χ0v) is 11.7. The summed E-state index contributed by atoms with van der Waals surface area (Å²) in [6.45, 7) is 13.8. The van der Waals surface area contributed by atoms with E-state index in [1.807, 2.05) is 0 Å². The summed E-state index contributed by atoms with van der Waals surface area (Å²) in [5.41, 5.74) is 1.97. The van der Waals surface area contributed by atoms with Crippen molar-refractivity contribution in [2.75, 3.05) is 0 Å². The van der Waals surface area contributed by atoms with Gasteiger partial charge in [0, 0.05) is 0 Å². The highest BCUT2D eigenvalue weighted by Gasteiger charge is 2.10. The maximum atomic E-state index is 2.39. The molecule has 0 aliphatic rings. The molecule has 0 heterocycles. The molecule has 0 amide bonds. The van der Waals surface area contributed by atoms with Crippen molar-refractivity contribution < 1.29 is 0 Å². The molecule has 0 spiro atoms. The summed E-state index contributed by atoms with van der Waals surface area (Å²) in [6.07, 6.45) is 9.13. The highest BCUT2D eigenvalue weighted by Crippen LogP contribution is 2.24. The van der Waals surface area contributed by atoms with Gasteiger partial charge in [0.25, 0.3) is 0 Å². The molecule has 0 saturated carbocycles. The monoisotopic (exact) mass is 210 g/mol. The van der Waals surface area contributed by atoms with Gasteiger partial charge in [0.2, 0.25) is 0 Å². The standard InChI is InChI=1S/C15H30/c1-13(2)9-7-10-14(3)11-8-12-15(4,5)6/h9,14H,7-8,10-12H2,1-6H3. The van der Waals surface area contributed by atoms with E-state index in [9.17, 15) is 0 Å². The highest BCUT2D eigenvalue weighted by molar-refractivity contribution is 4.92. The molecular weight excluding hydrogens is 180 g/mol. The van der Waals surface area contributed by atoms with Gasteiger partial charge in [-0.3, -0.25) is 0 Å². The Bertz CT molecular complexity index is 177. The molecule has 1 atom stereocenters. The van der Waals surface area contributed by atoms with Crippen LogP contribution in [0.15, 0.2) is 11.6 Å². The number of hydrogen-bond donors (Lipinski definition) is 0. The Morgan fingerprint density at radius 1 is 1.13 bits per heavy atom. The SMILES string of the molecule is CC(C)=CCCC(C)CCCC(C)(C)C. The first-order valence-electron chi connectivity index (χ1n) is 6.44. The second-order valence-corrected chi connectivity index (χ2v) is 6.42. The average Bonchev–Trinajstić information content (AvgIpc) is 2.00. The van der Waals surface area contributed by atoms with E-state index in [-0.39, 0.29) is 0 Å². The van der Waals surface area contributed by atoms with Gasteiger partial charge in [-0.25, -0.2) is 0 Å². The van der Waals surface area contributed by atoms with E-state index >= 15 is 0 Å². The van der Waals surface area contributed by atoms with Crippen LogP contribution < -0.4 is 0 Å². The third-order valence-electron chi connectivity index (χ3n) is 2.84. The Balaban J connectivity index is 3.50. The molecule has 0 aliphatic carbocycles. The Morgan fingerprint density at radius 3 is 2.20 bits per heavy atom. The number of rotatable bonds is 6. The lowest BCUT2D eigenvalue weighted by atomic mass is 9.87. The van der Waals surface area contributed by atoms with Gasteiger partial charge in [0.15, 0.2) is 0 Å². The topological polar surface area (TPSA) is 0 Å². The maximum Gasteiger partial charge on any atom is -0.0346 e. The van der Waals surface area contributed by atoms with Crippen LogP contribution in [0.25, 0.3) is 0 Å². The maximum absolute atomic E-state index is 2.39. The van der Waals surface area contributed by atoms with Gasteiger partial charge < -0.3 is 0 Å². The number of hydrogen-bond acceptors (Lipinski definition) is 0. The zero-order chi connectivity index (χ0) is 11.9. The molecule has 0 N–H and O–H groups in total. The van der Waals surface area contributed by atoms with Gasteiger partial charge in [0.05, 0.1) is 0 Å². The van der Waals surface area contributed by atoms with E-state index in [4.69, 9.17) is 0 Å². The van der Waals surface area contributed by atoms with Gasteiger partial charge >= 0.3 is 0 Å². The first-order valence-corrected chi connectivity index (χ1v) is 6.44. The van der Waals surface area contributed by atoms with Gasteiger partial charge in [0.1, 0.15) is 0 Å². The van der Waals surface area contributed by atoms with Crippen LogP contribution in [0.1, 0.15) is 73.6 Å². The molecule has 0 saturated heterocycles. The van der Waals surface area contributed by atoms with Crippen LogP contribution >= 0.6 is 0 Å². The van der Waals surface area contributed by atoms with E-state index in [2.05, 4.69) is 47.6 Å². The van der Waals surface area contributed by atoms with E-state index in [1.54, 1.807) is 0 Å². The molecule has 0 aromatic heterocycles. The largest absolute Gasteiger partial charge is 0.0859 e. The zero-order valence-electron chi connectivity index (χ0n) is 11.7. The molecule has 90 valence electrons. The summed E-state index contributed by atoms with van der Waals surface area (Å²) in [6, 6.07) is 0. The fourth-order valence-electron chi connectivity index (χ4n) is 1.78. The first-order chi connectivity index (χ1) is 6.81. The molecule has 0 rings (SSSR count). The molecule has 0 nitrogen and oxygen atoms in total. The van der Waals surface area contributed by atoms with E-state index in [0.29, 0.717) is 5.41 Å². The summed E-state index contributed by atoms with van der Waals surface area (Å²) in [5, 5.41) is 0. The van der Waals surface area contributed by atoms with Crippen LogP contribution in [0.5, 0.6) is 0 Å². The van der Waals surface area contributed by atoms with Crippen molar-refractivity contribution >= 4 is 0 Å².